The normalized spacial score (nSPS) is 21.3. The second-order valence-corrected chi connectivity index (χ2v) is 10.1. The number of hydrogen-bond acceptors (Lipinski definition) is 7. The van der Waals surface area contributed by atoms with Crippen LogP contribution in [0.1, 0.15) is 28.8 Å². The smallest absolute Gasteiger partial charge is 0.393 e. The van der Waals surface area contributed by atoms with Gasteiger partial charge in [-0.2, -0.15) is 18.4 Å². The van der Waals surface area contributed by atoms with Crippen molar-refractivity contribution in [2.24, 2.45) is 5.41 Å². The van der Waals surface area contributed by atoms with Crippen LogP contribution >= 0.6 is 11.3 Å². The van der Waals surface area contributed by atoms with Crippen molar-refractivity contribution >= 4 is 27.4 Å². The molecule has 6 nitrogen and oxygen atoms in total. The lowest BCUT2D eigenvalue weighted by atomic mass is 9.86. The molecule has 2 saturated heterocycles. The third-order valence-corrected chi connectivity index (χ3v) is 7.64. The van der Waals surface area contributed by atoms with Crippen LogP contribution in [0.2, 0.25) is 0 Å². The Labute approximate surface area is 192 Å². The summed E-state index contributed by atoms with van der Waals surface area (Å²) < 4.78 is 38.6. The monoisotopic (exact) mass is 473 g/mol. The molecule has 5 rings (SSSR count). The molecule has 172 valence electrons. The predicted molar refractivity (Wildman–Crippen MR) is 119 cm³/mol. The molecule has 1 aromatic carbocycles. The van der Waals surface area contributed by atoms with Crippen molar-refractivity contribution in [1.29, 1.82) is 5.26 Å². The lowest BCUT2D eigenvalue weighted by Crippen LogP contribution is -2.31. The summed E-state index contributed by atoms with van der Waals surface area (Å²) in [6.07, 6.45) is -1.77. The van der Waals surface area contributed by atoms with Gasteiger partial charge in [-0.05, 0) is 37.6 Å². The molecule has 2 aromatic heterocycles. The van der Waals surface area contributed by atoms with Crippen molar-refractivity contribution in [2.75, 3.05) is 31.1 Å². The zero-order chi connectivity index (χ0) is 23.2. The Morgan fingerprint density at radius 3 is 2.73 bits per heavy atom. The van der Waals surface area contributed by atoms with Crippen LogP contribution in [0.3, 0.4) is 0 Å². The van der Waals surface area contributed by atoms with Crippen LogP contribution in [0.25, 0.3) is 10.2 Å². The number of alkyl halides is 3. The minimum atomic E-state index is -4.25. The number of phenols is 1. The topological polar surface area (TPSA) is 76.3 Å². The van der Waals surface area contributed by atoms with E-state index in [1.165, 1.54) is 12.4 Å². The summed E-state index contributed by atoms with van der Waals surface area (Å²) in [7, 11) is 0. The molecule has 0 aliphatic carbocycles. The Balaban J connectivity index is 1.30. The number of thiophene rings is 1. The van der Waals surface area contributed by atoms with Gasteiger partial charge in [-0.25, -0.2) is 9.97 Å². The number of nitriles is 1. The summed E-state index contributed by atoms with van der Waals surface area (Å²) in [5.41, 5.74) is 1.32. The van der Waals surface area contributed by atoms with E-state index in [-0.39, 0.29) is 16.0 Å². The highest BCUT2D eigenvalue weighted by atomic mass is 32.1. The molecule has 1 unspecified atom stereocenters. The number of benzene rings is 1. The van der Waals surface area contributed by atoms with E-state index < -0.39 is 12.6 Å². The highest BCUT2D eigenvalue weighted by molar-refractivity contribution is 7.18. The van der Waals surface area contributed by atoms with Crippen LogP contribution in [0.15, 0.2) is 30.6 Å². The van der Waals surface area contributed by atoms with Crippen LogP contribution in [0, 0.1) is 16.7 Å². The predicted octanol–water partition coefficient (Wildman–Crippen LogP) is 4.48. The first-order valence-electron chi connectivity index (χ1n) is 10.7. The molecule has 10 heteroatoms. The van der Waals surface area contributed by atoms with Gasteiger partial charge in [0.15, 0.2) is 0 Å². The fourth-order valence-electron chi connectivity index (χ4n) is 5.05. The highest BCUT2D eigenvalue weighted by Crippen LogP contribution is 2.43. The van der Waals surface area contributed by atoms with Crippen LogP contribution in [-0.4, -0.2) is 52.3 Å². The maximum absolute atomic E-state index is 12.9. The minimum Gasteiger partial charge on any atom is -0.508 e. The third kappa shape index (κ3) is 4.48. The molecule has 1 atom stereocenters. The molecule has 0 saturated carbocycles. The van der Waals surface area contributed by atoms with E-state index in [1.807, 2.05) is 6.07 Å². The molecule has 0 bridgehead atoms. The zero-order valence-corrected chi connectivity index (χ0v) is 18.6. The van der Waals surface area contributed by atoms with Gasteiger partial charge in [-0.15, -0.1) is 11.3 Å². The van der Waals surface area contributed by atoms with Crippen molar-refractivity contribution in [3.05, 3.63) is 46.6 Å². The SMILES string of the molecule is N#Cc1ccc(CN2CCC3(CCN(c4ncnc5sc(CC(F)(F)F)cc45)C3)C2)c(O)c1. The number of phenolic OH excluding ortho intramolecular Hbond substituents is 1. The van der Waals surface area contributed by atoms with E-state index in [2.05, 4.69) is 19.8 Å². The van der Waals surface area contributed by atoms with E-state index in [0.717, 1.165) is 55.9 Å². The summed E-state index contributed by atoms with van der Waals surface area (Å²) in [5, 5.41) is 19.9. The number of rotatable bonds is 4. The molecule has 3 aromatic rings. The van der Waals surface area contributed by atoms with E-state index in [4.69, 9.17) is 5.26 Å². The average Bonchev–Trinajstić information content (AvgIpc) is 3.46. The number of fused-ring (bicyclic) bond motifs is 1. The fourth-order valence-corrected chi connectivity index (χ4v) is 6.07. The van der Waals surface area contributed by atoms with Gasteiger partial charge in [0, 0.05) is 42.0 Å². The molecule has 0 radical (unpaired) electrons. The van der Waals surface area contributed by atoms with Crippen molar-refractivity contribution in [3.8, 4) is 11.8 Å². The quantitative estimate of drug-likeness (QED) is 0.602. The molecule has 2 aliphatic heterocycles. The van der Waals surface area contributed by atoms with Crippen LogP contribution in [-0.2, 0) is 13.0 Å². The first-order chi connectivity index (χ1) is 15.7. The number of likely N-dealkylation sites (tertiary alicyclic amines) is 1. The Kier molecular flexibility index (Phi) is 5.41. The minimum absolute atomic E-state index is 0.0876. The van der Waals surface area contributed by atoms with E-state index >= 15 is 0 Å². The molecule has 2 aliphatic rings. The molecule has 1 N–H and O–H groups in total. The summed E-state index contributed by atoms with van der Waals surface area (Å²) in [4.78, 5) is 14.0. The molecule has 4 heterocycles. The maximum atomic E-state index is 12.9. The molecule has 0 amide bonds. The van der Waals surface area contributed by atoms with Crippen LogP contribution in [0.5, 0.6) is 5.75 Å². The van der Waals surface area contributed by atoms with Crippen molar-refractivity contribution in [1.82, 2.24) is 14.9 Å². The van der Waals surface area contributed by atoms with Crippen LogP contribution < -0.4 is 4.90 Å². The summed E-state index contributed by atoms with van der Waals surface area (Å²) in [6.45, 7) is 3.98. The number of aromatic nitrogens is 2. The molecular weight excluding hydrogens is 451 g/mol. The van der Waals surface area contributed by atoms with Gasteiger partial charge < -0.3 is 10.0 Å². The molecular formula is C23H22F3N5OS. The van der Waals surface area contributed by atoms with Gasteiger partial charge in [0.1, 0.15) is 22.7 Å². The second kappa shape index (κ2) is 8.15. The van der Waals surface area contributed by atoms with Gasteiger partial charge >= 0.3 is 6.18 Å². The molecule has 2 fully saturated rings. The first-order valence-corrected chi connectivity index (χ1v) is 11.5. The molecule has 1 spiro atoms. The van der Waals surface area contributed by atoms with E-state index in [9.17, 15) is 18.3 Å². The lowest BCUT2D eigenvalue weighted by Gasteiger charge is -2.25. The van der Waals surface area contributed by atoms with E-state index in [1.54, 1.807) is 18.2 Å². The van der Waals surface area contributed by atoms with Gasteiger partial charge in [0.05, 0.1) is 23.4 Å². The largest absolute Gasteiger partial charge is 0.508 e. The zero-order valence-electron chi connectivity index (χ0n) is 17.8. The number of aromatic hydroxyl groups is 1. The van der Waals surface area contributed by atoms with Gasteiger partial charge in [0.25, 0.3) is 0 Å². The summed E-state index contributed by atoms with van der Waals surface area (Å²) >= 11 is 1.08. The van der Waals surface area contributed by atoms with Gasteiger partial charge in [-0.1, -0.05) is 6.07 Å². The second-order valence-electron chi connectivity index (χ2n) is 9.01. The Hall–Kier alpha value is -2.90. The Morgan fingerprint density at radius 1 is 1.15 bits per heavy atom. The Morgan fingerprint density at radius 2 is 1.97 bits per heavy atom. The number of nitrogens with zero attached hydrogens (tertiary/aromatic N) is 5. The maximum Gasteiger partial charge on any atom is 0.393 e. The third-order valence-electron chi connectivity index (χ3n) is 6.60. The van der Waals surface area contributed by atoms with Crippen LogP contribution in [0.4, 0.5) is 19.0 Å². The number of hydrogen-bond donors (Lipinski definition) is 1. The fraction of sp³-hybridized carbons (Fsp3) is 0.435. The van der Waals surface area contributed by atoms with Gasteiger partial charge in [0.2, 0.25) is 0 Å². The molecule has 33 heavy (non-hydrogen) atoms. The highest BCUT2D eigenvalue weighted by Gasteiger charge is 2.44. The van der Waals surface area contributed by atoms with Crippen molar-refractivity contribution in [3.63, 3.8) is 0 Å². The lowest BCUT2D eigenvalue weighted by molar-refractivity contribution is -0.126. The average molecular weight is 474 g/mol. The van der Waals surface area contributed by atoms with Gasteiger partial charge in [-0.3, -0.25) is 4.90 Å². The number of halogens is 3. The Bertz CT molecular complexity index is 1240. The van der Waals surface area contributed by atoms with Crippen molar-refractivity contribution in [2.45, 2.75) is 32.0 Å². The van der Waals surface area contributed by atoms with E-state index in [0.29, 0.717) is 28.1 Å². The first kappa shape index (κ1) is 21.9. The number of anilines is 1. The summed E-state index contributed by atoms with van der Waals surface area (Å²) in [5.74, 6) is 0.850. The summed E-state index contributed by atoms with van der Waals surface area (Å²) in [6, 6.07) is 8.62. The van der Waals surface area contributed by atoms with Crippen molar-refractivity contribution < 1.29 is 18.3 Å². The standard InChI is InChI=1S/C23H22F3N5OS/c24-23(25,26)9-17-8-18-20(28-14-29-21(18)33-17)31-6-4-22(13-31)3-5-30(12-22)11-16-2-1-15(10-27)7-19(16)32/h1-2,7-8,14,32H,3-6,9,11-13H2.